The molecule has 1 aliphatic carbocycles. The molecule has 1 fully saturated rings. The number of rotatable bonds is 5. The van der Waals surface area contributed by atoms with Crippen molar-refractivity contribution in [1.82, 2.24) is 14.2 Å². The average molecular weight is 542 g/mol. The summed E-state index contributed by atoms with van der Waals surface area (Å²) in [6, 6.07) is 7.26. The Bertz CT molecular complexity index is 1320. The minimum Gasteiger partial charge on any atom is -0.487 e. The summed E-state index contributed by atoms with van der Waals surface area (Å²) in [7, 11) is -2.32. The zero-order valence-corrected chi connectivity index (χ0v) is 22.8. The van der Waals surface area contributed by atoms with Gasteiger partial charge in [-0.25, -0.2) is 8.42 Å². The number of amides is 1. The highest BCUT2D eigenvalue weighted by atomic mass is 32.2. The van der Waals surface area contributed by atoms with E-state index in [0.717, 1.165) is 12.8 Å². The molecule has 1 aromatic carbocycles. The van der Waals surface area contributed by atoms with Crippen LogP contribution in [0.25, 0.3) is 0 Å². The third-order valence-electron chi connectivity index (χ3n) is 7.27. The second kappa shape index (κ2) is 11.4. The smallest absolute Gasteiger partial charge is 0.253 e. The minimum absolute atomic E-state index is 0.0251. The number of pyridine rings is 1. The summed E-state index contributed by atoms with van der Waals surface area (Å²) in [6.07, 6.45) is 5.62. The number of benzene rings is 1. The van der Waals surface area contributed by atoms with E-state index in [0.29, 0.717) is 24.0 Å². The molecule has 204 valence electrons. The lowest BCUT2D eigenvalue weighted by molar-refractivity contribution is 0.0563. The van der Waals surface area contributed by atoms with Crippen molar-refractivity contribution in [2.24, 2.45) is 5.92 Å². The fourth-order valence-electron chi connectivity index (χ4n) is 4.86. The first-order valence-electron chi connectivity index (χ1n) is 12.9. The van der Waals surface area contributed by atoms with Gasteiger partial charge >= 0.3 is 0 Å². The number of sulfonamides is 1. The number of nitrogens with zero attached hydrogens (tertiary/aromatic N) is 3. The fourth-order valence-corrected chi connectivity index (χ4v) is 6.69. The van der Waals surface area contributed by atoms with Crippen LogP contribution in [0, 0.1) is 17.8 Å². The topological polar surface area (TPSA) is 120 Å². The molecule has 0 spiro atoms. The molecule has 1 saturated carbocycles. The molecular weight excluding hydrogens is 506 g/mol. The van der Waals surface area contributed by atoms with Crippen molar-refractivity contribution < 1.29 is 28.2 Å². The van der Waals surface area contributed by atoms with Crippen LogP contribution < -0.4 is 4.74 Å². The Balaban J connectivity index is 1.71. The number of fused-ring (bicyclic) bond motifs is 1. The number of hydrogen-bond donors (Lipinski definition) is 2. The molecule has 4 rings (SSSR count). The van der Waals surface area contributed by atoms with Gasteiger partial charge in [0.25, 0.3) is 5.91 Å². The molecule has 1 aromatic heterocycles. The number of carbonyl (C=O) groups excluding carboxylic acids is 1. The zero-order valence-electron chi connectivity index (χ0n) is 22.0. The van der Waals surface area contributed by atoms with Gasteiger partial charge in [-0.1, -0.05) is 18.8 Å². The Hall–Kier alpha value is -2.97. The van der Waals surface area contributed by atoms with Crippen LogP contribution in [-0.2, 0) is 10.0 Å². The normalized spacial score (nSPS) is 23.1. The van der Waals surface area contributed by atoms with E-state index in [1.165, 1.54) is 10.4 Å². The predicted molar refractivity (Wildman–Crippen MR) is 142 cm³/mol. The molecule has 38 heavy (non-hydrogen) atoms. The Morgan fingerprint density at radius 2 is 1.95 bits per heavy atom. The number of carbonyl (C=O) groups is 1. The molecule has 0 radical (unpaired) electrons. The van der Waals surface area contributed by atoms with Crippen molar-refractivity contribution in [1.29, 1.82) is 0 Å². The van der Waals surface area contributed by atoms with Gasteiger partial charge in [0.2, 0.25) is 10.0 Å². The Morgan fingerprint density at radius 3 is 2.61 bits per heavy atom. The number of aliphatic hydroxyl groups is 2. The van der Waals surface area contributed by atoms with E-state index in [9.17, 15) is 23.4 Å². The molecule has 0 unspecified atom stereocenters. The maximum Gasteiger partial charge on any atom is 0.253 e. The summed E-state index contributed by atoms with van der Waals surface area (Å²) >= 11 is 0. The number of ether oxygens (including phenoxy) is 1. The molecular formula is C28H35N3O6S. The van der Waals surface area contributed by atoms with Gasteiger partial charge in [0.15, 0.2) is 0 Å². The van der Waals surface area contributed by atoms with Gasteiger partial charge in [0.1, 0.15) is 22.4 Å². The third-order valence-corrected chi connectivity index (χ3v) is 9.28. The van der Waals surface area contributed by atoms with Gasteiger partial charge in [-0.15, -0.1) is 0 Å². The number of likely N-dealkylation sites (N-methyl/N-ethyl adjacent to an activating group) is 1. The molecule has 2 N–H and O–H groups in total. The number of hydrogen-bond acceptors (Lipinski definition) is 7. The van der Waals surface area contributed by atoms with Crippen molar-refractivity contribution in [3.8, 4) is 17.6 Å². The van der Waals surface area contributed by atoms with Gasteiger partial charge in [0.05, 0.1) is 13.2 Å². The summed E-state index contributed by atoms with van der Waals surface area (Å²) in [5.41, 5.74) is -0.0198. The lowest BCUT2D eigenvalue weighted by Gasteiger charge is -2.37. The highest BCUT2D eigenvalue weighted by Crippen LogP contribution is 2.34. The summed E-state index contributed by atoms with van der Waals surface area (Å²) in [5.74, 6) is 5.56. The molecule has 0 saturated heterocycles. The van der Waals surface area contributed by atoms with Crippen LogP contribution in [0.1, 0.15) is 55.5 Å². The predicted octanol–water partition coefficient (Wildman–Crippen LogP) is 2.28. The van der Waals surface area contributed by atoms with E-state index in [1.807, 2.05) is 6.92 Å². The zero-order chi connectivity index (χ0) is 27.5. The van der Waals surface area contributed by atoms with Crippen molar-refractivity contribution in [2.45, 2.75) is 62.2 Å². The molecule has 10 heteroatoms. The highest BCUT2D eigenvalue weighted by Gasteiger charge is 2.38. The second-order valence-electron chi connectivity index (χ2n) is 10.3. The molecule has 2 heterocycles. The van der Waals surface area contributed by atoms with E-state index < -0.39 is 27.8 Å². The van der Waals surface area contributed by atoms with Gasteiger partial charge in [0, 0.05) is 49.1 Å². The Kier molecular flexibility index (Phi) is 8.43. The van der Waals surface area contributed by atoms with Crippen molar-refractivity contribution >= 4 is 15.9 Å². The molecule has 9 nitrogen and oxygen atoms in total. The van der Waals surface area contributed by atoms with Gasteiger partial charge < -0.3 is 19.8 Å². The summed E-state index contributed by atoms with van der Waals surface area (Å²) in [5, 5.41) is 20.5. The fraction of sp³-hybridized carbons (Fsp3) is 0.500. The van der Waals surface area contributed by atoms with E-state index in [4.69, 9.17) is 4.74 Å². The van der Waals surface area contributed by atoms with E-state index >= 15 is 0 Å². The molecule has 3 atom stereocenters. The Morgan fingerprint density at radius 1 is 1.26 bits per heavy atom. The van der Waals surface area contributed by atoms with Crippen LogP contribution in [0.5, 0.6) is 5.75 Å². The standard InChI is InChI=1S/C28H35N3O6S/c1-20-17-31(21(2)19-32)38(35,36)26-7-6-22(8-13-28(34)11-4-5-12-28)16-24(26)37-25(20)18-30(3)27(33)23-9-14-29-15-10-23/h6-7,9-10,14-16,20-21,25,32,34H,4-5,11-12,17-19H2,1-3H3/t20-,21+,25+/m0/s1. The van der Waals surface area contributed by atoms with Crippen LogP contribution in [0.4, 0.5) is 0 Å². The highest BCUT2D eigenvalue weighted by molar-refractivity contribution is 7.89. The first-order chi connectivity index (χ1) is 18.0. The quantitative estimate of drug-likeness (QED) is 0.557. The number of aliphatic hydroxyl groups excluding tert-OH is 1. The minimum atomic E-state index is -3.99. The van der Waals surface area contributed by atoms with Crippen molar-refractivity contribution in [2.75, 3.05) is 26.7 Å². The maximum atomic E-state index is 13.7. The van der Waals surface area contributed by atoms with Crippen LogP contribution in [-0.4, -0.2) is 83.2 Å². The summed E-state index contributed by atoms with van der Waals surface area (Å²) in [4.78, 5) is 18.5. The maximum absolute atomic E-state index is 13.7. The second-order valence-corrected chi connectivity index (χ2v) is 12.2. The SMILES string of the molecule is C[C@H](CO)N1C[C@H](C)[C@@H](CN(C)C(=O)c2ccncc2)Oc2cc(C#CC3(O)CCCC3)ccc2S1(=O)=O. The molecule has 0 bridgehead atoms. The average Bonchev–Trinajstić information content (AvgIpc) is 3.35. The lowest BCUT2D eigenvalue weighted by Crippen LogP contribution is -2.50. The Labute approximate surface area is 224 Å². The van der Waals surface area contributed by atoms with Gasteiger partial charge in [-0.3, -0.25) is 9.78 Å². The molecule has 1 amide bonds. The van der Waals surface area contributed by atoms with Crippen LogP contribution in [0.3, 0.4) is 0 Å². The van der Waals surface area contributed by atoms with Crippen LogP contribution in [0.15, 0.2) is 47.6 Å². The van der Waals surface area contributed by atoms with Gasteiger partial charge in [-0.2, -0.15) is 4.31 Å². The monoisotopic (exact) mass is 541 g/mol. The summed E-state index contributed by atoms with van der Waals surface area (Å²) in [6.45, 7) is 3.50. The largest absolute Gasteiger partial charge is 0.487 e. The molecule has 2 aromatic rings. The first kappa shape index (κ1) is 28.0. The van der Waals surface area contributed by atoms with Crippen molar-refractivity contribution in [3.63, 3.8) is 0 Å². The van der Waals surface area contributed by atoms with Crippen LogP contribution in [0.2, 0.25) is 0 Å². The molecule has 1 aliphatic heterocycles. The first-order valence-corrected chi connectivity index (χ1v) is 14.3. The summed E-state index contributed by atoms with van der Waals surface area (Å²) < 4.78 is 35.0. The van der Waals surface area contributed by atoms with E-state index in [1.54, 1.807) is 55.5 Å². The number of aromatic nitrogens is 1. The molecule has 2 aliphatic rings. The van der Waals surface area contributed by atoms with Crippen molar-refractivity contribution in [3.05, 3.63) is 53.9 Å². The lowest BCUT2D eigenvalue weighted by atomic mass is 10.0. The van der Waals surface area contributed by atoms with E-state index in [-0.39, 0.29) is 42.2 Å². The third kappa shape index (κ3) is 6.02. The van der Waals surface area contributed by atoms with E-state index in [2.05, 4.69) is 16.8 Å². The van der Waals surface area contributed by atoms with Crippen LogP contribution >= 0.6 is 0 Å². The van der Waals surface area contributed by atoms with Gasteiger partial charge in [-0.05, 0) is 62.9 Å².